The molecule has 1 saturated heterocycles. The predicted molar refractivity (Wildman–Crippen MR) is 70.4 cm³/mol. The van der Waals surface area contributed by atoms with E-state index in [0.717, 1.165) is 16.9 Å². The molecule has 2 nitrogen and oxygen atoms in total. The topological polar surface area (TPSA) is 20.3 Å². The van der Waals surface area contributed by atoms with Gasteiger partial charge in [-0.1, -0.05) is 30.3 Å². The highest BCUT2D eigenvalue weighted by atomic mass is 19.3. The molecule has 6 heteroatoms. The lowest BCUT2D eigenvalue weighted by Crippen LogP contribution is -2.50. The summed E-state index contributed by atoms with van der Waals surface area (Å²) in [5.41, 5.74) is 1.15. The first kappa shape index (κ1) is 15.8. The van der Waals surface area contributed by atoms with Crippen LogP contribution in [-0.2, 0) is 11.2 Å². The Hall–Kier alpha value is -1.59. The predicted octanol–water partition coefficient (Wildman–Crippen LogP) is 3.37. The number of hydrogen-bond acceptors (Lipinski definition) is 1. The summed E-state index contributed by atoms with van der Waals surface area (Å²) in [7, 11) is 0. The Kier molecular flexibility index (Phi) is 4.85. The number of piperidine rings is 1. The van der Waals surface area contributed by atoms with Crippen LogP contribution in [0, 0.1) is 5.92 Å². The molecule has 0 bridgehead atoms. The van der Waals surface area contributed by atoms with Crippen molar-refractivity contribution in [2.24, 2.45) is 5.92 Å². The zero-order valence-electron chi connectivity index (χ0n) is 11.4. The molecule has 0 spiro atoms. The number of halogens is 4. The van der Waals surface area contributed by atoms with Crippen LogP contribution in [0.2, 0.25) is 0 Å². The van der Waals surface area contributed by atoms with Crippen LogP contribution in [0.15, 0.2) is 30.3 Å². The van der Waals surface area contributed by atoms with Gasteiger partial charge in [-0.05, 0) is 30.7 Å². The molecule has 21 heavy (non-hydrogen) atoms. The average molecular weight is 303 g/mol. The van der Waals surface area contributed by atoms with Crippen molar-refractivity contribution in [3.63, 3.8) is 0 Å². The second kappa shape index (κ2) is 6.45. The minimum absolute atomic E-state index is 0.110. The number of alkyl halides is 4. The summed E-state index contributed by atoms with van der Waals surface area (Å²) >= 11 is 0. The Morgan fingerprint density at radius 3 is 2.29 bits per heavy atom. The number of likely N-dealkylation sites (tertiary alicyclic amines) is 1. The van der Waals surface area contributed by atoms with Crippen LogP contribution in [-0.4, -0.2) is 36.2 Å². The number of nitrogens with zero attached hydrogens (tertiary/aromatic N) is 1. The van der Waals surface area contributed by atoms with E-state index in [1.165, 1.54) is 0 Å². The third kappa shape index (κ3) is 3.74. The molecule has 116 valence electrons. The van der Waals surface area contributed by atoms with Crippen LogP contribution in [0.4, 0.5) is 17.6 Å². The summed E-state index contributed by atoms with van der Waals surface area (Å²) in [4.78, 5) is 12.3. The summed E-state index contributed by atoms with van der Waals surface area (Å²) in [6.07, 6.45) is -2.03. The molecule has 1 fully saturated rings. The SMILES string of the molecule is O=C(N1CCC(Cc2ccccc2)CC1)C(F)(F)C(F)F. The molecule has 0 atom stereocenters. The minimum atomic E-state index is -4.58. The standard InChI is InChI=1S/C15H17F4NO/c16-13(17)15(18,19)14(21)20-8-6-12(7-9-20)10-11-4-2-1-3-5-11/h1-5,12-13H,6-10H2. The van der Waals surface area contributed by atoms with Crippen molar-refractivity contribution in [1.29, 1.82) is 0 Å². The Labute approximate surface area is 120 Å². The van der Waals surface area contributed by atoms with Gasteiger partial charge in [0, 0.05) is 13.1 Å². The molecule has 1 aliphatic rings. The van der Waals surface area contributed by atoms with E-state index in [-0.39, 0.29) is 19.0 Å². The third-order valence-corrected chi connectivity index (χ3v) is 3.83. The van der Waals surface area contributed by atoms with Gasteiger partial charge >= 0.3 is 12.3 Å². The fourth-order valence-corrected chi connectivity index (χ4v) is 2.59. The number of carbonyl (C=O) groups is 1. The fourth-order valence-electron chi connectivity index (χ4n) is 2.59. The molecule has 1 aliphatic heterocycles. The molecule has 0 aromatic heterocycles. The van der Waals surface area contributed by atoms with Crippen LogP contribution >= 0.6 is 0 Å². The summed E-state index contributed by atoms with van der Waals surface area (Å²) in [5.74, 6) is -6.04. The quantitative estimate of drug-likeness (QED) is 0.781. The highest BCUT2D eigenvalue weighted by Crippen LogP contribution is 2.29. The number of benzene rings is 1. The minimum Gasteiger partial charge on any atom is -0.337 e. The van der Waals surface area contributed by atoms with E-state index >= 15 is 0 Å². The van der Waals surface area contributed by atoms with Gasteiger partial charge in [-0.2, -0.15) is 8.78 Å². The first-order valence-electron chi connectivity index (χ1n) is 6.90. The first-order valence-corrected chi connectivity index (χ1v) is 6.90. The summed E-state index contributed by atoms with van der Waals surface area (Å²) in [6, 6.07) is 9.75. The first-order chi connectivity index (χ1) is 9.91. The summed E-state index contributed by atoms with van der Waals surface area (Å²) < 4.78 is 50.4. The van der Waals surface area contributed by atoms with E-state index in [4.69, 9.17) is 0 Å². The van der Waals surface area contributed by atoms with Crippen molar-refractivity contribution in [2.75, 3.05) is 13.1 Å². The fraction of sp³-hybridized carbons (Fsp3) is 0.533. The van der Waals surface area contributed by atoms with E-state index in [2.05, 4.69) is 0 Å². The van der Waals surface area contributed by atoms with Gasteiger partial charge in [-0.15, -0.1) is 0 Å². The van der Waals surface area contributed by atoms with Gasteiger partial charge in [0.2, 0.25) is 0 Å². The van der Waals surface area contributed by atoms with E-state index in [1.807, 2.05) is 30.3 Å². The molecule has 1 heterocycles. The number of amides is 1. The highest BCUT2D eigenvalue weighted by molar-refractivity contribution is 5.84. The number of hydrogen-bond donors (Lipinski definition) is 0. The van der Waals surface area contributed by atoms with Crippen molar-refractivity contribution in [2.45, 2.75) is 31.6 Å². The maximum Gasteiger partial charge on any atom is 0.383 e. The van der Waals surface area contributed by atoms with E-state index in [9.17, 15) is 22.4 Å². The summed E-state index contributed by atoms with van der Waals surface area (Å²) in [5, 5.41) is 0. The molecule has 0 saturated carbocycles. The average Bonchev–Trinajstić information content (AvgIpc) is 2.48. The van der Waals surface area contributed by atoms with Crippen molar-refractivity contribution < 1.29 is 22.4 Å². The van der Waals surface area contributed by atoms with E-state index < -0.39 is 18.3 Å². The van der Waals surface area contributed by atoms with E-state index in [0.29, 0.717) is 12.8 Å². The smallest absolute Gasteiger partial charge is 0.337 e. The molecule has 0 radical (unpaired) electrons. The van der Waals surface area contributed by atoms with Crippen LogP contribution in [0.5, 0.6) is 0 Å². The molecule has 1 aromatic rings. The molecular weight excluding hydrogens is 286 g/mol. The van der Waals surface area contributed by atoms with Gasteiger partial charge in [0.1, 0.15) is 0 Å². The number of rotatable bonds is 4. The van der Waals surface area contributed by atoms with Gasteiger partial charge in [-0.25, -0.2) is 8.78 Å². The molecule has 1 aromatic carbocycles. The Morgan fingerprint density at radius 2 is 1.76 bits per heavy atom. The van der Waals surface area contributed by atoms with Gasteiger partial charge in [-0.3, -0.25) is 4.79 Å². The lowest BCUT2D eigenvalue weighted by molar-refractivity contribution is -0.181. The van der Waals surface area contributed by atoms with Crippen molar-refractivity contribution in [3.05, 3.63) is 35.9 Å². The van der Waals surface area contributed by atoms with Crippen molar-refractivity contribution in [1.82, 2.24) is 4.90 Å². The monoisotopic (exact) mass is 303 g/mol. The Morgan fingerprint density at radius 1 is 1.19 bits per heavy atom. The van der Waals surface area contributed by atoms with Gasteiger partial charge in [0.05, 0.1) is 0 Å². The third-order valence-electron chi connectivity index (χ3n) is 3.83. The zero-order chi connectivity index (χ0) is 15.5. The van der Waals surface area contributed by atoms with Crippen LogP contribution in [0.25, 0.3) is 0 Å². The van der Waals surface area contributed by atoms with Crippen LogP contribution < -0.4 is 0 Å². The maximum absolute atomic E-state index is 13.0. The van der Waals surface area contributed by atoms with Gasteiger partial charge in [0.25, 0.3) is 5.91 Å². The number of carbonyl (C=O) groups excluding carboxylic acids is 1. The van der Waals surface area contributed by atoms with E-state index in [1.54, 1.807) is 0 Å². The molecule has 0 aliphatic carbocycles. The van der Waals surface area contributed by atoms with Crippen LogP contribution in [0.3, 0.4) is 0 Å². The Balaban J connectivity index is 1.87. The molecule has 2 rings (SSSR count). The molecule has 0 N–H and O–H groups in total. The highest BCUT2D eigenvalue weighted by Gasteiger charge is 2.51. The normalized spacial score (nSPS) is 17.3. The van der Waals surface area contributed by atoms with Gasteiger partial charge in [0.15, 0.2) is 0 Å². The Bertz CT molecular complexity index is 470. The lowest BCUT2D eigenvalue weighted by Gasteiger charge is -2.33. The van der Waals surface area contributed by atoms with Crippen molar-refractivity contribution in [3.8, 4) is 0 Å². The maximum atomic E-state index is 13.0. The van der Waals surface area contributed by atoms with Crippen molar-refractivity contribution >= 4 is 5.91 Å². The second-order valence-corrected chi connectivity index (χ2v) is 5.35. The lowest BCUT2D eigenvalue weighted by atomic mass is 9.90. The molecule has 0 unspecified atom stereocenters. The van der Waals surface area contributed by atoms with Gasteiger partial charge < -0.3 is 4.90 Å². The zero-order valence-corrected chi connectivity index (χ0v) is 11.4. The van der Waals surface area contributed by atoms with Crippen LogP contribution in [0.1, 0.15) is 18.4 Å². The molecule has 1 amide bonds. The largest absolute Gasteiger partial charge is 0.383 e. The second-order valence-electron chi connectivity index (χ2n) is 5.35. The molecular formula is C15H17F4NO. The summed E-state index contributed by atoms with van der Waals surface area (Å²) in [6.45, 7) is 0.220.